The van der Waals surface area contributed by atoms with Crippen molar-refractivity contribution in [1.29, 1.82) is 0 Å². The number of carbonyl (C=O) groups excluding carboxylic acids is 2. The summed E-state index contributed by atoms with van der Waals surface area (Å²) in [4.78, 5) is 34.3. The average Bonchev–Trinajstić information content (AvgIpc) is 2.62. The molecule has 0 atom stereocenters. The van der Waals surface area contributed by atoms with Gasteiger partial charge in [0.2, 0.25) is 0 Å². The van der Waals surface area contributed by atoms with Crippen LogP contribution < -0.4 is 5.32 Å². The maximum atomic E-state index is 12.4. The second-order valence-corrected chi connectivity index (χ2v) is 6.07. The second-order valence-electron chi connectivity index (χ2n) is 5.64. The number of nitrogens with one attached hydrogen (secondary N) is 1. The van der Waals surface area contributed by atoms with E-state index in [0.717, 1.165) is 0 Å². The normalized spacial score (nSPS) is 15.1. The van der Waals surface area contributed by atoms with Crippen molar-refractivity contribution >= 4 is 23.4 Å². The summed E-state index contributed by atoms with van der Waals surface area (Å²) in [6, 6.07) is 6.61. The Hall–Kier alpha value is -2.47. The zero-order valence-corrected chi connectivity index (χ0v) is 13.7. The molecule has 3 heterocycles. The summed E-state index contributed by atoms with van der Waals surface area (Å²) in [7, 11) is 0. The molecule has 2 aromatic rings. The molecule has 0 radical (unpaired) electrons. The van der Waals surface area contributed by atoms with Gasteiger partial charge in [0.1, 0.15) is 5.69 Å². The number of nitrogens with zero attached hydrogens (tertiary/aromatic N) is 3. The molecule has 124 valence electrons. The molecule has 3 rings (SSSR count). The van der Waals surface area contributed by atoms with Gasteiger partial charge in [-0.3, -0.25) is 19.6 Å². The number of pyridine rings is 2. The molecule has 0 bridgehead atoms. The third kappa shape index (κ3) is 3.89. The van der Waals surface area contributed by atoms with Gasteiger partial charge in [-0.15, -0.1) is 0 Å². The molecule has 2 aromatic heterocycles. The number of hydrogen-bond acceptors (Lipinski definition) is 4. The number of rotatable bonds is 3. The third-order valence-electron chi connectivity index (χ3n) is 4.00. The summed E-state index contributed by atoms with van der Waals surface area (Å²) in [6.07, 6.45) is 6.15. The summed E-state index contributed by atoms with van der Waals surface area (Å²) in [5, 5.41) is 3.43. The molecule has 1 aliphatic rings. The van der Waals surface area contributed by atoms with Crippen LogP contribution in [0.25, 0.3) is 0 Å². The zero-order chi connectivity index (χ0) is 16.9. The van der Waals surface area contributed by atoms with Crippen LogP contribution in [0.5, 0.6) is 0 Å². The zero-order valence-electron chi connectivity index (χ0n) is 13.0. The van der Waals surface area contributed by atoms with Gasteiger partial charge in [-0.1, -0.05) is 11.6 Å². The van der Waals surface area contributed by atoms with Crippen molar-refractivity contribution in [2.45, 2.75) is 18.9 Å². The van der Waals surface area contributed by atoms with Crippen LogP contribution in [-0.2, 0) is 0 Å². The molecule has 0 spiro atoms. The first-order chi connectivity index (χ1) is 11.6. The SMILES string of the molecule is O=C(NC1CCN(C(=O)c2ccncc2)CC1)c1cc(Cl)ccn1. The van der Waals surface area contributed by atoms with Crippen molar-refractivity contribution in [3.05, 3.63) is 59.1 Å². The Balaban J connectivity index is 1.54. The van der Waals surface area contributed by atoms with E-state index >= 15 is 0 Å². The molecule has 1 N–H and O–H groups in total. The van der Waals surface area contributed by atoms with E-state index in [-0.39, 0.29) is 17.9 Å². The molecule has 0 aromatic carbocycles. The quantitative estimate of drug-likeness (QED) is 0.925. The summed E-state index contributed by atoms with van der Waals surface area (Å²) >= 11 is 5.88. The number of amides is 2. The number of halogens is 1. The topological polar surface area (TPSA) is 75.2 Å². The second kappa shape index (κ2) is 7.40. The van der Waals surface area contributed by atoms with Gasteiger partial charge in [0.15, 0.2) is 0 Å². The summed E-state index contributed by atoms with van der Waals surface area (Å²) in [5.41, 5.74) is 0.938. The number of likely N-dealkylation sites (tertiary alicyclic amines) is 1. The van der Waals surface area contributed by atoms with E-state index in [0.29, 0.717) is 42.2 Å². The van der Waals surface area contributed by atoms with Gasteiger partial charge >= 0.3 is 0 Å². The maximum Gasteiger partial charge on any atom is 0.270 e. The van der Waals surface area contributed by atoms with Crippen LogP contribution in [0.1, 0.15) is 33.7 Å². The smallest absolute Gasteiger partial charge is 0.270 e. The Morgan fingerprint density at radius 1 is 1.12 bits per heavy atom. The molecular weight excluding hydrogens is 328 g/mol. The van der Waals surface area contributed by atoms with Crippen molar-refractivity contribution in [2.75, 3.05) is 13.1 Å². The van der Waals surface area contributed by atoms with E-state index in [1.54, 1.807) is 41.6 Å². The van der Waals surface area contributed by atoms with Gasteiger partial charge in [0, 0.05) is 48.3 Å². The first-order valence-corrected chi connectivity index (χ1v) is 8.13. The highest BCUT2D eigenvalue weighted by Gasteiger charge is 2.25. The number of piperidine rings is 1. The van der Waals surface area contributed by atoms with E-state index < -0.39 is 0 Å². The van der Waals surface area contributed by atoms with Crippen LogP contribution >= 0.6 is 11.6 Å². The fraction of sp³-hybridized carbons (Fsp3) is 0.294. The largest absolute Gasteiger partial charge is 0.348 e. The Morgan fingerprint density at radius 2 is 1.83 bits per heavy atom. The predicted molar refractivity (Wildman–Crippen MR) is 89.9 cm³/mol. The van der Waals surface area contributed by atoms with Crippen LogP contribution in [0, 0.1) is 0 Å². The highest BCUT2D eigenvalue weighted by atomic mass is 35.5. The van der Waals surface area contributed by atoms with Gasteiger partial charge < -0.3 is 10.2 Å². The van der Waals surface area contributed by atoms with Crippen molar-refractivity contribution in [2.24, 2.45) is 0 Å². The number of hydrogen-bond donors (Lipinski definition) is 1. The molecule has 1 fully saturated rings. The molecule has 0 saturated carbocycles. The molecule has 7 heteroatoms. The van der Waals surface area contributed by atoms with Gasteiger partial charge in [-0.05, 0) is 37.1 Å². The van der Waals surface area contributed by atoms with E-state index in [1.165, 1.54) is 6.20 Å². The molecule has 24 heavy (non-hydrogen) atoms. The molecule has 2 amide bonds. The predicted octanol–water partition coefficient (Wildman–Crippen LogP) is 2.16. The molecule has 0 aliphatic carbocycles. The van der Waals surface area contributed by atoms with E-state index in [9.17, 15) is 9.59 Å². The lowest BCUT2D eigenvalue weighted by molar-refractivity contribution is 0.0697. The minimum absolute atomic E-state index is 0.00122. The van der Waals surface area contributed by atoms with Gasteiger partial charge in [0.05, 0.1) is 0 Å². The van der Waals surface area contributed by atoms with E-state index in [4.69, 9.17) is 11.6 Å². The number of aromatic nitrogens is 2. The van der Waals surface area contributed by atoms with E-state index in [1.807, 2.05) is 0 Å². The van der Waals surface area contributed by atoms with Gasteiger partial charge in [0.25, 0.3) is 11.8 Å². The Morgan fingerprint density at radius 3 is 2.50 bits per heavy atom. The summed E-state index contributed by atoms with van der Waals surface area (Å²) < 4.78 is 0. The van der Waals surface area contributed by atoms with Crippen LogP contribution in [0.2, 0.25) is 5.02 Å². The number of carbonyl (C=O) groups is 2. The first-order valence-electron chi connectivity index (χ1n) is 7.75. The summed E-state index contributed by atoms with van der Waals surface area (Å²) in [6.45, 7) is 1.21. The monoisotopic (exact) mass is 344 g/mol. The lowest BCUT2D eigenvalue weighted by Gasteiger charge is -2.32. The van der Waals surface area contributed by atoms with Gasteiger partial charge in [-0.25, -0.2) is 0 Å². The Kier molecular flexibility index (Phi) is 5.05. The summed E-state index contributed by atoms with van der Waals surface area (Å²) in [5.74, 6) is -0.241. The van der Waals surface area contributed by atoms with Crippen molar-refractivity contribution in [3.63, 3.8) is 0 Å². The Bertz CT molecular complexity index is 730. The maximum absolute atomic E-state index is 12.4. The van der Waals surface area contributed by atoms with Crippen molar-refractivity contribution in [1.82, 2.24) is 20.2 Å². The third-order valence-corrected chi connectivity index (χ3v) is 4.23. The highest BCUT2D eigenvalue weighted by molar-refractivity contribution is 6.30. The minimum Gasteiger partial charge on any atom is -0.348 e. The van der Waals surface area contributed by atoms with Crippen LogP contribution in [0.3, 0.4) is 0 Å². The standard InChI is InChI=1S/C17H17ClN4O2/c18-13-3-8-20-15(11-13)16(23)21-14-4-9-22(10-5-14)17(24)12-1-6-19-7-2-12/h1-3,6-8,11,14H,4-5,9-10H2,(H,21,23). The van der Waals surface area contributed by atoms with Crippen LogP contribution in [0.15, 0.2) is 42.9 Å². The van der Waals surface area contributed by atoms with Crippen LogP contribution in [-0.4, -0.2) is 45.8 Å². The highest BCUT2D eigenvalue weighted by Crippen LogP contribution is 2.15. The lowest BCUT2D eigenvalue weighted by Crippen LogP contribution is -2.46. The molecule has 1 aliphatic heterocycles. The lowest BCUT2D eigenvalue weighted by atomic mass is 10.0. The average molecular weight is 345 g/mol. The molecule has 0 unspecified atom stereocenters. The molecule has 6 nitrogen and oxygen atoms in total. The van der Waals surface area contributed by atoms with Crippen molar-refractivity contribution < 1.29 is 9.59 Å². The molecule has 1 saturated heterocycles. The van der Waals surface area contributed by atoms with E-state index in [2.05, 4.69) is 15.3 Å². The Labute approximate surface area is 144 Å². The first kappa shape index (κ1) is 16.4. The fourth-order valence-electron chi connectivity index (χ4n) is 2.69. The van der Waals surface area contributed by atoms with Crippen LogP contribution in [0.4, 0.5) is 0 Å². The minimum atomic E-state index is -0.239. The van der Waals surface area contributed by atoms with Gasteiger partial charge in [-0.2, -0.15) is 0 Å². The molecular formula is C17H17ClN4O2. The van der Waals surface area contributed by atoms with Crippen molar-refractivity contribution in [3.8, 4) is 0 Å². The fourth-order valence-corrected chi connectivity index (χ4v) is 2.85.